The molecule has 2 aromatic carbocycles. The molecule has 6 nitrogen and oxygen atoms in total. The molecule has 26 heavy (non-hydrogen) atoms. The molecule has 0 bridgehead atoms. The molecule has 0 heterocycles. The van der Waals surface area contributed by atoms with Crippen LogP contribution in [0.15, 0.2) is 41.3 Å². The minimum Gasteiger partial charge on any atom is -0.497 e. The standard InChI is InChI=1S/C19H25NO5S/c1-13(2)17-11-16(8-9-18(17)24-4)26(21,22)20-12-14-6-7-15(23-3)10-19(14)25-5/h6-11,13,20H,12H2,1-5H3. The molecule has 2 rings (SSSR count). The van der Waals surface area contributed by atoms with Crippen molar-refractivity contribution in [3.05, 3.63) is 47.5 Å². The van der Waals surface area contributed by atoms with Gasteiger partial charge in [-0.3, -0.25) is 0 Å². The summed E-state index contributed by atoms with van der Waals surface area (Å²) in [4.78, 5) is 0.203. The average molecular weight is 379 g/mol. The summed E-state index contributed by atoms with van der Waals surface area (Å²) in [5.74, 6) is 2.02. The number of nitrogens with one attached hydrogen (secondary N) is 1. The maximum atomic E-state index is 12.7. The van der Waals surface area contributed by atoms with E-state index in [9.17, 15) is 8.42 Å². The molecule has 7 heteroatoms. The normalized spacial score (nSPS) is 11.5. The molecule has 0 fully saturated rings. The highest BCUT2D eigenvalue weighted by Gasteiger charge is 2.18. The molecule has 142 valence electrons. The lowest BCUT2D eigenvalue weighted by Crippen LogP contribution is -2.23. The second-order valence-electron chi connectivity index (χ2n) is 6.06. The molecule has 0 atom stereocenters. The number of hydrogen-bond acceptors (Lipinski definition) is 5. The Balaban J connectivity index is 2.26. The minimum atomic E-state index is -3.67. The molecule has 0 unspecified atom stereocenters. The van der Waals surface area contributed by atoms with Crippen LogP contribution in [-0.2, 0) is 16.6 Å². The number of benzene rings is 2. The second kappa shape index (κ2) is 8.42. The number of methoxy groups -OCH3 is 3. The first-order valence-electron chi connectivity index (χ1n) is 8.21. The van der Waals surface area contributed by atoms with E-state index in [1.54, 1.807) is 44.6 Å². The molecule has 0 aliphatic rings. The Morgan fingerprint density at radius 3 is 2.19 bits per heavy atom. The zero-order chi connectivity index (χ0) is 19.3. The first kappa shape index (κ1) is 20.1. The largest absolute Gasteiger partial charge is 0.497 e. The van der Waals surface area contributed by atoms with Crippen molar-refractivity contribution in [1.29, 1.82) is 0 Å². The van der Waals surface area contributed by atoms with Crippen LogP contribution in [0.25, 0.3) is 0 Å². The highest BCUT2D eigenvalue weighted by molar-refractivity contribution is 7.89. The van der Waals surface area contributed by atoms with Gasteiger partial charge in [0, 0.05) is 18.2 Å². The predicted octanol–water partition coefficient (Wildman–Crippen LogP) is 3.31. The summed E-state index contributed by atoms with van der Waals surface area (Å²) in [6.07, 6.45) is 0. The molecule has 0 aliphatic carbocycles. The van der Waals surface area contributed by atoms with Crippen LogP contribution in [0.5, 0.6) is 17.2 Å². The number of hydrogen-bond donors (Lipinski definition) is 1. The van der Waals surface area contributed by atoms with Crippen LogP contribution in [0.3, 0.4) is 0 Å². The zero-order valence-corrected chi connectivity index (χ0v) is 16.5. The van der Waals surface area contributed by atoms with E-state index in [2.05, 4.69) is 4.72 Å². The van der Waals surface area contributed by atoms with Gasteiger partial charge in [0.25, 0.3) is 0 Å². The van der Waals surface area contributed by atoms with Crippen molar-refractivity contribution in [2.75, 3.05) is 21.3 Å². The highest BCUT2D eigenvalue weighted by atomic mass is 32.2. The van der Waals surface area contributed by atoms with E-state index in [4.69, 9.17) is 14.2 Å². The van der Waals surface area contributed by atoms with E-state index < -0.39 is 10.0 Å². The van der Waals surface area contributed by atoms with Crippen LogP contribution in [-0.4, -0.2) is 29.7 Å². The van der Waals surface area contributed by atoms with Gasteiger partial charge in [-0.15, -0.1) is 0 Å². The Hall–Kier alpha value is -2.25. The lowest BCUT2D eigenvalue weighted by Gasteiger charge is -2.15. The van der Waals surface area contributed by atoms with E-state index in [0.717, 1.165) is 11.1 Å². The summed E-state index contributed by atoms with van der Waals surface area (Å²) in [6.45, 7) is 4.09. The molecular weight excluding hydrogens is 354 g/mol. The summed E-state index contributed by atoms with van der Waals surface area (Å²) in [7, 11) is 0.996. The Kier molecular flexibility index (Phi) is 6.50. The zero-order valence-electron chi connectivity index (χ0n) is 15.7. The number of sulfonamides is 1. The van der Waals surface area contributed by atoms with Crippen molar-refractivity contribution in [1.82, 2.24) is 4.72 Å². The fraction of sp³-hybridized carbons (Fsp3) is 0.368. The average Bonchev–Trinajstić information content (AvgIpc) is 2.65. The van der Waals surface area contributed by atoms with Crippen molar-refractivity contribution in [2.24, 2.45) is 0 Å². The van der Waals surface area contributed by atoms with Gasteiger partial charge >= 0.3 is 0 Å². The third kappa shape index (κ3) is 4.47. The van der Waals surface area contributed by atoms with E-state index in [1.807, 2.05) is 13.8 Å². The van der Waals surface area contributed by atoms with Gasteiger partial charge in [-0.25, -0.2) is 13.1 Å². The molecule has 1 N–H and O–H groups in total. The van der Waals surface area contributed by atoms with Crippen molar-refractivity contribution in [3.8, 4) is 17.2 Å². The lowest BCUT2D eigenvalue weighted by atomic mass is 10.0. The molecule has 0 aliphatic heterocycles. The molecule has 0 saturated carbocycles. The quantitative estimate of drug-likeness (QED) is 0.762. The molecule has 2 aromatic rings. The van der Waals surface area contributed by atoms with Gasteiger partial charge in [0.05, 0.1) is 26.2 Å². The van der Waals surface area contributed by atoms with Gasteiger partial charge in [-0.1, -0.05) is 19.9 Å². The Labute approximate surface area is 155 Å². The Morgan fingerprint density at radius 1 is 0.923 bits per heavy atom. The molecule has 0 amide bonds. The summed E-state index contributed by atoms with van der Waals surface area (Å²) in [6, 6.07) is 10.1. The topological polar surface area (TPSA) is 73.9 Å². The minimum absolute atomic E-state index is 0.110. The Morgan fingerprint density at radius 2 is 1.62 bits per heavy atom. The summed E-state index contributed by atoms with van der Waals surface area (Å²) >= 11 is 0. The maximum Gasteiger partial charge on any atom is 0.240 e. The number of ether oxygens (including phenoxy) is 3. The van der Waals surface area contributed by atoms with Crippen molar-refractivity contribution >= 4 is 10.0 Å². The van der Waals surface area contributed by atoms with Crippen molar-refractivity contribution in [2.45, 2.75) is 31.2 Å². The van der Waals surface area contributed by atoms with Gasteiger partial charge in [-0.2, -0.15) is 0 Å². The summed E-state index contributed by atoms with van der Waals surface area (Å²) in [5, 5.41) is 0. The highest BCUT2D eigenvalue weighted by Crippen LogP contribution is 2.29. The van der Waals surface area contributed by atoms with Gasteiger partial charge in [0.1, 0.15) is 17.2 Å². The van der Waals surface area contributed by atoms with Crippen LogP contribution in [0.2, 0.25) is 0 Å². The first-order valence-corrected chi connectivity index (χ1v) is 9.69. The third-order valence-corrected chi connectivity index (χ3v) is 5.48. The van der Waals surface area contributed by atoms with Crippen molar-refractivity contribution in [3.63, 3.8) is 0 Å². The van der Waals surface area contributed by atoms with Crippen molar-refractivity contribution < 1.29 is 22.6 Å². The smallest absolute Gasteiger partial charge is 0.240 e. The molecular formula is C19H25NO5S. The van der Waals surface area contributed by atoms with E-state index >= 15 is 0 Å². The van der Waals surface area contributed by atoms with Gasteiger partial charge in [-0.05, 0) is 35.7 Å². The fourth-order valence-electron chi connectivity index (χ4n) is 2.58. The summed E-state index contributed by atoms with van der Waals surface area (Å²) < 4.78 is 43.8. The SMILES string of the molecule is COc1ccc(CNS(=O)(=O)c2ccc(OC)c(C(C)C)c2)c(OC)c1. The molecule has 0 aromatic heterocycles. The molecule has 0 radical (unpaired) electrons. The van der Waals surface area contributed by atoms with Crippen LogP contribution in [0.1, 0.15) is 30.9 Å². The van der Waals surface area contributed by atoms with Crippen LogP contribution in [0.4, 0.5) is 0 Å². The lowest BCUT2D eigenvalue weighted by molar-refractivity contribution is 0.390. The Bertz CT molecular complexity index is 862. The van der Waals surface area contributed by atoms with Gasteiger partial charge in [0.2, 0.25) is 10.0 Å². The van der Waals surface area contributed by atoms with E-state index in [0.29, 0.717) is 17.2 Å². The molecule has 0 saturated heterocycles. The predicted molar refractivity (Wildman–Crippen MR) is 101 cm³/mol. The van der Waals surface area contributed by atoms with E-state index in [1.165, 1.54) is 13.2 Å². The maximum absolute atomic E-state index is 12.7. The fourth-order valence-corrected chi connectivity index (χ4v) is 3.63. The summed E-state index contributed by atoms with van der Waals surface area (Å²) in [5.41, 5.74) is 1.56. The van der Waals surface area contributed by atoms with Gasteiger partial charge < -0.3 is 14.2 Å². The monoisotopic (exact) mass is 379 g/mol. The van der Waals surface area contributed by atoms with Crippen LogP contribution in [0, 0.1) is 0 Å². The van der Waals surface area contributed by atoms with Crippen LogP contribution >= 0.6 is 0 Å². The molecule has 0 spiro atoms. The van der Waals surface area contributed by atoms with Gasteiger partial charge in [0.15, 0.2) is 0 Å². The number of rotatable bonds is 8. The van der Waals surface area contributed by atoms with E-state index in [-0.39, 0.29) is 17.4 Å². The third-order valence-electron chi connectivity index (χ3n) is 4.08. The van der Waals surface area contributed by atoms with Crippen LogP contribution < -0.4 is 18.9 Å². The first-order chi connectivity index (χ1) is 12.3. The second-order valence-corrected chi connectivity index (χ2v) is 7.83.